The van der Waals surface area contributed by atoms with Crippen LogP contribution in [-0.4, -0.2) is 17.6 Å². The molecule has 8 heteroatoms. The number of carbonyl (C=O) groups is 1. The smallest absolute Gasteiger partial charge is 0.416 e. The molecule has 2 aromatic heterocycles. The van der Waals surface area contributed by atoms with Crippen LogP contribution >= 0.6 is 11.3 Å². The van der Waals surface area contributed by atoms with Crippen LogP contribution in [0, 0.1) is 25.2 Å². The highest BCUT2D eigenvalue weighted by Gasteiger charge is 2.30. The first-order valence-corrected chi connectivity index (χ1v) is 11.7. The molecule has 0 bridgehead atoms. The monoisotopic (exact) mass is 484 g/mol. The number of halogens is 3. The molecule has 0 radical (unpaired) electrons. The standard InChI is InChI=1S/C26H23F3N2O2S/c1-15-12-18(13-19(14-30)17-8-10-20(11-9-17)26(27,28)29)16(2)31(15)24-23(25(32)33-3)21-6-4-5-7-22(21)34-24/h8-13H,4-7H2,1-3H3/b19-13-. The van der Waals surface area contributed by atoms with Crippen molar-refractivity contribution in [2.45, 2.75) is 45.7 Å². The molecule has 0 unspecified atom stereocenters. The zero-order valence-electron chi connectivity index (χ0n) is 19.0. The lowest BCUT2D eigenvalue weighted by molar-refractivity contribution is -0.137. The van der Waals surface area contributed by atoms with E-state index in [1.807, 2.05) is 24.5 Å². The molecule has 176 valence electrons. The van der Waals surface area contributed by atoms with Crippen molar-refractivity contribution in [3.8, 4) is 11.1 Å². The minimum Gasteiger partial charge on any atom is -0.465 e. The predicted octanol–water partition coefficient (Wildman–Crippen LogP) is 6.90. The van der Waals surface area contributed by atoms with E-state index in [0.29, 0.717) is 11.1 Å². The van der Waals surface area contributed by atoms with Crippen LogP contribution in [0.3, 0.4) is 0 Å². The Bertz CT molecular complexity index is 1320. The van der Waals surface area contributed by atoms with Gasteiger partial charge in [0, 0.05) is 16.3 Å². The number of hydrogen-bond acceptors (Lipinski definition) is 4. The number of esters is 1. The zero-order chi connectivity index (χ0) is 24.6. The van der Waals surface area contributed by atoms with Gasteiger partial charge >= 0.3 is 12.1 Å². The molecule has 0 saturated heterocycles. The summed E-state index contributed by atoms with van der Waals surface area (Å²) >= 11 is 1.60. The van der Waals surface area contributed by atoms with Crippen LogP contribution in [0.4, 0.5) is 13.2 Å². The zero-order valence-corrected chi connectivity index (χ0v) is 19.9. The minimum atomic E-state index is -4.43. The van der Waals surface area contributed by atoms with E-state index in [1.165, 1.54) is 24.1 Å². The van der Waals surface area contributed by atoms with Gasteiger partial charge in [-0.15, -0.1) is 11.3 Å². The summed E-state index contributed by atoms with van der Waals surface area (Å²) in [5, 5.41) is 10.5. The van der Waals surface area contributed by atoms with Crippen LogP contribution in [0.1, 0.15) is 61.7 Å². The molecule has 0 fully saturated rings. The number of fused-ring (bicyclic) bond motifs is 1. The topological polar surface area (TPSA) is 55.0 Å². The molecule has 0 amide bonds. The van der Waals surface area contributed by atoms with Crippen molar-refractivity contribution < 1.29 is 22.7 Å². The lowest BCUT2D eigenvalue weighted by Gasteiger charge is -2.12. The van der Waals surface area contributed by atoms with Gasteiger partial charge in [0.1, 0.15) is 5.00 Å². The van der Waals surface area contributed by atoms with Crippen LogP contribution in [-0.2, 0) is 23.8 Å². The summed E-state index contributed by atoms with van der Waals surface area (Å²) in [5.41, 5.74) is 4.04. The molecule has 4 nitrogen and oxygen atoms in total. The van der Waals surface area contributed by atoms with Crippen molar-refractivity contribution in [2.24, 2.45) is 0 Å². The summed E-state index contributed by atoms with van der Waals surface area (Å²) in [4.78, 5) is 13.9. The summed E-state index contributed by atoms with van der Waals surface area (Å²) in [6.07, 6.45) is 1.13. The van der Waals surface area contributed by atoms with E-state index in [9.17, 15) is 23.2 Å². The Balaban J connectivity index is 1.79. The van der Waals surface area contributed by atoms with E-state index in [4.69, 9.17) is 4.74 Å². The molecule has 1 aliphatic rings. The molecule has 0 aliphatic heterocycles. The highest BCUT2D eigenvalue weighted by atomic mass is 32.1. The summed E-state index contributed by atoms with van der Waals surface area (Å²) < 4.78 is 45.8. The molecule has 0 atom stereocenters. The number of hydrogen-bond donors (Lipinski definition) is 0. The van der Waals surface area contributed by atoms with Gasteiger partial charge in [-0.2, -0.15) is 18.4 Å². The van der Waals surface area contributed by atoms with E-state index < -0.39 is 11.7 Å². The normalized spacial score (nSPS) is 14.0. The number of methoxy groups -OCH3 is 1. The van der Waals surface area contributed by atoms with Crippen LogP contribution < -0.4 is 0 Å². The predicted molar refractivity (Wildman–Crippen MR) is 126 cm³/mol. The van der Waals surface area contributed by atoms with Crippen LogP contribution in [0.2, 0.25) is 0 Å². The van der Waals surface area contributed by atoms with Gasteiger partial charge in [-0.25, -0.2) is 4.79 Å². The molecular weight excluding hydrogens is 461 g/mol. The number of rotatable bonds is 4. The highest BCUT2D eigenvalue weighted by Crippen LogP contribution is 2.39. The third-order valence-electron chi connectivity index (χ3n) is 6.16. The summed E-state index contributed by atoms with van der Waals surface area (Å²) in [5.74, 6) is -0.360. The number of aromatic nitrogens is 1. The third-order valence-corrected chi connectivity index (χ3v) is 7.44. The number of ether oxygens (including phenoxy) is 1. The lowest BCUT2D eigenvalue weighted by atomic mass is 9.95. The first-order chi connectivity index (χ1) is 16.2. The fourth-order valence-corrected chi connectivity index (χ4v) is 5.93. The SMILES string of the molecule is COC(=O)c1c(-n2c(C)cc(/C=C(/C#N)c3ccc(C(F)(F)F)cc3)c2C)sc2c1CCCC2. The fourth-order valence-electron chi connectivity index (χ4n) is 4.44. The summed E-state index contributed by atoms with van der Waals surface area (Å²) in [7, 11) is 1.38. The van der Waals surface area contributed by atoms with E-state index in [0.717, 1.165) is 65.3 Å². The third kappa shape index (κ3) is 4.28. The van der Waals surface area contributed by atoms with Crippen molar-refractivity contribution in [3.05, 3.63) is 74.4 Å². The number of nitrogens with zero attached hydrogens (tertiary/aromatic N) is 2. The van der Waals surface area contributed by atoms with Crippen LogP contribution in [0.15, 0.2) is 30.3 Å². The maximum Gasteiger partial charge on any atom is 0.416 e. The molecule has 3 aromatic rings. The number of alkyl halides is 3. The van der Waals surface area contributed by atoms with Crippen LogP contribution in [0.25, 0.3) is 16.7 Å². The Morgan fingerprint density at radius 2 is 1.85 bits per heavy atom. The number of aryl methyl sites for hydroxylation is 2. The van der Waals surface area contributed by atoms with Gasteiger partial charge in [-0.05, 0) is 80.5 Å². The average Bonchev–Trinajstić information content (AvgIpc) is 3.32. The fraction of sp³-hybridized carbons (Fsp3) is 0.308. The van der Waals surface area contributed by atoms with Gasteiger partial charge in [0.2, 0.25) is 0 Å². The van der Waals surface area contributed by atoms with Crippen molar-refractivity contribution >= 4 is 29.0 Å². The summed E-state index contributed by atoms with van der Waals surface area (Å²) in [6.45, 7) is 3.83. The van der Waals surface area contributed by atoms with Crippen molar-refractivity contribution in [1.82, 2.24) is 4.57 Å². The highest BCUT2D eigenvalue weighted by molar-refractivity contribution is 7.15. The molecule has 1 aliphatic carbocycles. The number of allylic oxidation sites excluding steroid dienone is 1. The maximum absolute atomic E-state index is 12.9. The van der Waals surface area contributed by atoms with Gasteiger partial charge in [-0.3, -0.25) is 0 Å². The molecule has 0 spiro atoms. The maximum atomic E-state index is 12.9. The number of carbonyl (C=O) groups excluding carboxylic acids is 1. The largest absolute Gasteiger partial charge is 0.465 e. The molecule has 4 rings (SSSR count). The van der Waals surface area contributed by atoms with E-state index >= 15 is 0 Å². The number of benzene rings is 1. The Labute approximate surface area is 199 Å². The molecule has 1 aromatic carbocycles. The van der Waals surface area contributed by atoms with Gasteiger partial charge in [-0.1, -0.05) is 12.1 Å². The second kappa shape index (κ2) is 9.15. The Hall–Kier alpha value is -3.31. The van der Waals surface area contributed by atoms with Gasteiger partial charge < -0.3 is 9.30 Å². The van der Waals surface area contributed by atoms with E-state index in [1.54, 1.807) is 17.4 Å². The number of nitriles is 1. The Kier molecular flexibility index (Phi) is 6.41. The van der Waals surface area contributed by atoms with Gasteiger partial charge in [0.15, 0.2) is 0 Å². The molecule has 2 heterocycles. The minimum absolute atomic E-state index is 0.257. The lowest BCUT2D eigenvalue weighted by Crippen LogP contribution is -2.11. The molecule has 0 N–H and O–H groups in total. The van der Waals surface area contributed by atoms with Gasteiger partial charge in [0.25, 0.3) is 0 Å². The van der Waals surface area contributed by atoms with E-state index in [-0.39, 0.29) is 11.5 Å². The van der Waals surface area contributed by atoms with Crippen molar-refractivity contribution in [1.29, 1.82) is 5.26 Å². The molecular formula is C26H23F3N2O2S. The van der Waals surface area contributed by atoms with Crippen molar-refractivity contribution in [3.63, 3.8) is 0 Å². The first kappa shape index (κ1) is 23.8. The Morgan fingerprint density at radius 3 is 2.47 bits per heavy atom. The van der Waals surface area contributed by atoms with Crippen LogP contribution in [0.5, 0.6) is 0 Å². The quantitative estimate of drug-likeness (QED) is 0.299. The first-order valence-electron chi connectivity index (χ1n) is 10.9. The second-order valence-electron chi connectivity index (χ2n) is 8.29. The van der Waals surface area contributed by atoms with Crippen molar-refractivity contribution in [2.75, 3.05) is 7.11 Å². The Morgan fingerprint density at radius 1 is 1.18 bits per heavy atom. The number of thiophene rings is 1. The molecule has 0 saturated carbocycles. The average molecular weight is 485 g/mol. The summed E-state index contributed by atoms with van der Waals surface area (Å²) in [6, 6.07) is 8.57. The van der Waals surface area contributed by atoms with Gasteiger partial charge in [0.05, 0.1) is 29.9 Å². The molecule has 34 heavy (non-hydrogen) atoms. The van der Waals surface area contributed by atoms with E-state index in [2.05, 4.69) is 6.07 Å². The second-order valence-corrected chi connectivity index (χ2v) is 9.37.